The number of carbonyl (C=O) groups is 1. The third-order valence-corrected chi connectivity index (χ3v) is 2.64. The molecule has 0 aliphatic carbocycles. The fourth-order valence-electron chi connectivity index (χ4n) is 1.88. The monoisotopic (exact) mass is 231 g/mol. The third kappa shape index (κ3) is 4.08. The van der Waals surface area contributed by atoms with E-state index in [1.54, 1.807) is 4.90 Å². The van der Waals surface area contributed by atoms with Gasteiger partial charge in [0.25, 0.3) is 0 Å². The van der Waals surface area contributed by atoms with Gasteiger partial charge in [-0.25, -0.2) is 0 Å². The Morgan fingerprint density at radius 2 is 2.25 bits per heavy atom. The van der Waals surface area contributed by atoms with Crippen molar-refractivity contribution in [3.63, 3.8) is 0 Å². The fraction of sp³-hybridized carbons (Fsp3) is 0.909. The molecular weight excluding hydrogens is 210 g/mol. The first-order chi connectivity index (χ1) is 7.50. The summed E-state index contributed by atoms with van der Waals surface area (Å²) in [5.41, 5.74) is 0. The molecule has 1 rings (SSSR count). The number of β-amino-alcohol motifs (C(OH)–C–C–N with tert-alkyl or cyclic N) is 1. The second kappa shape index (κ2) is 6.18. The second-order valence-corrected chi connectivity index (χ2v) is 4.71. The molecule has 0 saturated carbocycles. The summed E-state index contributed by atoms with van der Waals surface area (Å²) in [6.45, 7) is 6.35. The van der Waals surface area contributed by atoms with Crippen LogP contribution in [0.1, 0.15) is 20.3 Å². The molecule has 1 aliphatic rings. The Hall–Kier alpha value is -0.650. The van der Waals surface area contributed by atoms with Crippen molar-refractivity contribution >= 4 is 5.97 Å². The van der Waals surface area contributed by atoms with E-state index in [0.29, 0.717) is 38.6 Å². The zero-order valence-corrected chi connectivity index (χ0v) is 9.93. The Labute approximate surface area is 96.0 Å². The second-order valence-electron chi connectivity index (χ2n) is 4.71. The molecule has 5 heteroatoms. The summed E-state index contributed by atoms with van der Waals surface area (Å²) in [4.78, 5) is 12.7. The lowest BCUT2D eigenvalue weighted by Crippen LogP contribution is -2.38. The Balaban J connectivity index is 2.27. The summed E-state index contributed by atoms with van der Waals surface area (Å²) in [5.74, 6) is -0.375. The summed E-state index contributed by atoms with van der Waals surface area (Å²) >= 11 is 0. The topological polar surface area (TPSA) is 70.0 Å². The van der Waals surface area contributed by atoms with Gasteiger partial charge < -0.3 is 14.9 Å². The van der Waals surface area contributed by atoms with Crippen LogP contribution in [0.4, 0.5) is 0 Å². The number of carboxylic acid groups (broad SMARTS) is 1. The molecule has 0 spiro atoms. The van der Waals surface area contributed by atoms with Gasteiger partial charge in [-0.05, 0) is 5.92 Å². The van der Waals surface area contributed by atoms with Crippen LogP contribution in [0.15, 0.2) is 0 Å². The number of ether oxygens (including phenoxy) is 1. The van der Waals surface area contributed by atoms with Gasteiger partial charge in [-0.2, -0.15) is 0 Å². The maximum atomic E-state index is 10.9. The highest BCUT2D eigenvalue weighted by atomic mass is 16.5. The van der Waals surface area contributed by atoms with Crippen molar-refractivity contribution in [3.05, 3.63) is 0 Å². The largest absolute Gasteiger partial charge is 0.480 e. The van der Waals surface area contributed by atoms with Crippen LogP contribution in [0.5, 0.6) is 0 Å². The van der Waals surface area contributed by atoms with Crippen molar-refractivity contribution in [3.8, 4) is 0 Å². The van der Waals surface area contributed by atoms with E-state index < -0.39 is 18.1 Å². The highest BCUT2D eigenvalue weighted by molar-refractivity contribution is 5.74. The van der Waals surface area contributed by atoms with Crippen LogP contribution in [0.25, 0.3) is 0 Å². The Morgan fingerprint density at radius 3 is 2.81 bits per heavy atom. The van der Waals surface area contributed by atoms with Crippen molar-refractivity contribution < 1.29 is 19.7 Å². The molecule has 0 bridgehead atoms. The lowest BCUT2D eigenvalue weighted by atomic mass is 10.2. The average molecular weight is 231 g/mol. The molecule has 0 amide bonds. The average Bonchev–Trinajstić information content (AvgIpc) is 2.54. The molecule has 1 aliphatic heterocycles. The van der Waals surface area contributed by atoms with Gasteiger partial charge in [-0.3, -0.25) is 9.69 Å². The van der Waals surface area contributed by atoms with Gasteiger partial charge in [0.1, 0.15) is 6.04 Å². The summed E-state index contributed by atoms with van der Waals surface area (Å²) in [7, 11) is 0. The molecule has 0 aromatic heterocycles. The molecule has 5 nitrogen and oxygen atoms in total. The zero-order chi connectivity index (χ0) is 12.1. The number of aliphatic carboxylic acids is 1. The van der Waals surface area contributed by atoms with Gasteiger partial charge in [-0.15, -0.1) is 0 Å². The van der Waals surface area contributed by atoms with E-state index in [2.05, 4.69) is 13.8 Å². The van der Waals surface area contributed by atoms with Gasteiger partial charge in [0.15, 0.2) is 0 Å². The van der Waals surface area contributed by atoms with E-state index in [4.69, 9.17) is 9.84 Å². The Morgan fingerprint density at radius 1 is 1.56 bits per heavy atom. The summed E-state index contributed by atoms with van der Waals surface area (Å²) < 4.78 is 5.40. The standard InChI is InChI=1S/C11H21NO4/c1-8(2)7-16-4-3-12-6-9(13)5-10(12)11(14)15/h8-10,13H,3-7H2,1-2H3,(H,14,15). The molecule has 1 fully saturated rings. The molecular formula is C11H21NO4. The Kier molecular flexibility index (Phi) is 5.18. The third-order valence-electron chi connectivity index (χ3n) is 2.64. The number of rotatable bonds is 6. The molecule has 2 N–H and O–H groups in total. The summed E-state index contributed by atoms with van der Waals surface area (Å²) in [6.07, 6.45) is -0.203. The van der Waals surface area contributed by atoms with Crippen LogP contribution in [-0.2, 0) is 9.53 Å². The predicted octanol–water partition coefficient (Wildman–Crippen LogP) is 0.179. The number of hydrogen-bond donors (Lipinski definition) is 2. The molecule has 2 unspecified atom stereocenters. The first-order valence-corrected chi connectivity index (χ1v) is 5.73. The smallest absolute Gasteiger partial charge is 0.321 e. The van der Waals surface area contributed by atoms with Crippen molar-refractivity contribution in [2.24, 2.45) is 5.92 Å². The highest BCUT2D eigenvalue weighted by Gasteiger charge is 2.35. The van der Waals surface area contributed by atoms with Gasteiger partial charge >= 0.3 is 5.97 Å². The minimum atomic E-state index is -0.861. The zero-order valence-electron chi connectivity index (χ0n) is 9.93. The minimum Gasteiger partial charge on any atom is -0.480 e. The van der Waals surface area contributed by atoms with Gasteiger partial charge in [0, 0.05) is 26.1 Å². The SMILES string of the molecule is CC(C)COCCN1CC(O)CC1C(=O)O. The van der Waals surface area contributed by atoms with Crippen molar-refractivity contribution in [2.45, 2.75) is 32.4 Å². The molecule has 16 heavy (non-hydrogen) atoms. The van der Waals surface area contributed by atoms with Gasteiger partial charge in [0.2, 0.25) is 0 Å². The van der Waals surface area contributed by atoms with Crippen LogP contribution >= 0.6 is 0 Å². The van der Waals surface area contributed by atoms with Crippen molar-refractivity contribution in [1.82, 2.24) is 4.90 Å². The number of hydrogen-bond acceptors (Lipinski definition) is 4. The number of likely N-dealkylation sites (tertiary alicyclic amines) is 1. The fourth-order valence-corrected chi connectivity index (χ4v) is 1.88. The number of carboxylic acids is 1. The number of aliphatic hydroxyl groups excluding tert-OH is 1. The molecule has 0 aromatic carbocycles. The Bertz CT molecular complexity index is 232. The van der Waals surface area contributed by atoms with Crippen LogP contribution < -0.4 is 0 Å². The quantitative estimate of drug-likeness (QED) is 0.638. The van der Waals surface area contributed by atoms with Crippen LogP contribution in [-0.4, -0.2) is 59.5 Å². The van der Waals surface area contributed by atoms with Crippen molar-refractivity contribution in [2.75, 3.05) is 26.3 Å². The molecule has 1 heterocycles. The lowest BCUT2D eigenvalue weighted by Gasteiger charge is -2.20. The first-order valence-electron chi connectivity index (χ1n) is 5.73. The summed E-state index contributed by atoms with van der Waals surface area (Å²) in [5, 5.41) is 18.4. The molecule has 2 atom stereocenters. The van der Waals surface area contributed by atoms with E-state index in [-0.39, 0.29) is 0 Å². The van der Waals surface area contributed by atoms with E-state index in [0.717, 1.165) is 0 Å². The number of nitrogens with zero attached hydrogens (tertiary/aromatic N) is 1. The maximum Gasteiger partial charge on any atom is 0.321 e. The van der Waals surface area contributed by atoms with E-state index in [1.165, 1.54) is 0 Å². The normalized spacial score (nSPS) is 26.5. The van der Waals surface area contributed by atoms with Crippen molar-refractivity contribution in [1.29, 1.82) is 0 Å². The summed E-state index contributed by atoms with van der Waals surface area (Å²) in [6, 6.07) is -0.558. The van der Waals surface area contributed by atoms with E-state index in [9.17, 15) is 9.90 Å². The lowest BCUT2D eigenvalue weighted by molar-refractivity contribution is -0.142. The first kappa shape index (κ1) is 13.4. The van der Waals surface area contributed by atoms with E-state index in [1.807, 2.05) is 0 Å². The molecule has 0 radical (unpaired) electrons. The highest BCUT2D eigenvalue weighted by Crippen LogP contribution is 2.17. The molecule has 0 aromatic rings. The van der Waals surface area contributed by atoms with E-state index >= 15 is 0 Å². The number of aliphatic hydroxyl groups is 1. The minimum absolute atomic E-state index is 0.319. The van der Waals surface area contributed by atoms with Crippen LogP contribution in [0.2, 0.25) is 0 Å². The van der Waals surface area contributed by atoms with Gasteiger partial charge in [0.05, 0.1) is 12.7 Å². The van der Waals surface area contributed by atoms with Gasteiger partial charge in [-0.1, -0.05) is 13.8 Å². The predicted molar refractivity (Wildman–Crippen MR) is 59.3 cm³/mol. The molecule has 1 saturated heterocycles. The van der Waals surface area contributed by atoms with Crippen LogP contribution in [0.3, 0.4) is 0 Å². The molecule has 94 valence electrons. The van der Waals surface area contributed by atoms with Crippen LogP contribution in [0, 0.1) is 5.92 Å². The maximum absolute atomic E-state index is 10.9.